The Hall–Kier alpha value is -2.66. The van der Waals surface area contributed by atoms with Crippen LogP contribution >= 0.6 is 0 Å². The van der Waals surface area contributed by atoms with E-state index in [1.54, 1.807) is 18.2 Å². The molecular formula is C25H27FN2O2. The van der Waals surface area contributed by atoms with Gasteiger partial charge in [-0.05, 0) is 66.6 Å². The fourth-order valence-corrected chi connectivity index (χ4v) is 5.52. The SMILES string of the molecule is Cc1cc(F)cc2c1-c1c(C3CCCCC3)c3ccc(C(=O)O)cc3n1CCNC2. The minimum Gasteiger partial charge on any atom is -0.478 e. The van der Waals surface area contributed by atoms with Gasteiger partial charge < -0.3 is 15.0 Å². The van der Waals surface area contributed by atoms with E-state index in [0.717, 1.165) is 53.5 Å². The molecule has 1 saturated carbocycles. The molecule has 1 aromatic heterocycles. The zero-order valence-corrected chi connectivity index (χ0v) is 17.3. The van der Waals surface area contributed by atoms with Crippen LogP contribution in [0, 0.1) is 12.7 Å². The summed E-state index contributed by atoms with van der Waals surface area (Å²) in [6, 6.07) is 8.80. The van der Waals surface area contributed by atoms with Crippen molar-refractivity contribution in [2.45, 2.75) is 58.0 Å². The van der Waals surface area contributed by atoms with Crippen molar-refractivity contribution in [3.05, 3.63) is 58.4 Å². The molecule has 5 heteroatoms. The first kappa shape index (κ1) is 19.3. The number of benzene rings is 2. The molecule has 0 saturated heterocycles. The molecule has 0 bridgehead atoms. The Morgan fingerprint density at radius 3 is 2.73 bits per heavy atom. The van der Waals surface area contributed by atoms with Crippen molar-refractivity contribution in [3.63, 3.8) is 0 Å². The molecule has 0 unspecified atom stereocenters. The lowest BCUT2D eigenvalue weighted by Crippen LogP contribution is -2.24. The summed E-state index contributed by atoms with van der Waals surface area (Å²) in [6.07, 6.45) is 6.03. The number of nitrogens with zero attached hydrogens (tertiary/aromatic N) is 1. The number of nitrogens with one attached hydrogen (secondary N) is 1. The lowest BCUT2D eigenvalue weighted by atomic mass is 9.80. The molecule has 0 amide bonds. The minimum atomic E-state index is -0.908. The highest BCUT2D eigenvalue weighted by atomic mass is 19.1. The monoisotopic (exact) mass is 406 g/mol. The summed E-state index contributed by atoms with van der Waals surface area (Å²) in [7, 11) is 0. The largest absolute Gasteiger partial charge is 0.478 e. The van der Waals surface area contributed by atoms with E-state index in [1.165, 1.54) is 30.5 Å². The lowest BCUT2D eigenvalue weighted by molar-refractivity contribution is 0.0697. The number of aromatic nitrogens is 1. The molecule has 1 aliphatic heterocycles. The predicted molar refractivity (Wildman–Crippen MR) is 117 cm³/mol. The summed E-state index contributed by atoms with van der Waals surface area (Å²) in [6.45, 7) is 4.14. The summed E-state index contributed by atoms with van der Waals surface area (Å²) in [5, 5.41) is 14.2. The highest BCUT2D eigenvalue weighted by Crippen LogP contribution is 2.46. The number of halogens is 1. The molecule has 1 aliphatic carbocycles. The van der Waals surface area contributed by atoms with Gasteiger partial charge in [-0.1, -0.05) is 25.3 Å². The molecule has 2 aliphatic rings. The number of aryl methyl sites for hydroxylation is 1. The van der Waals surface area contributed by atoms with Crippen molar-refractivity contribution in [3.8, 4) is 11.3 Å². The number of hydrogen-bond acceptors (Lipinski definition) is 2. The Labute approximate surface area is 175 Å². The average Bonchev–Trinajstić information content (AvgIpc) is 3.02. The van der Waals surface area contributed by atoms with E-state index in [0.29, 0.717) is 18.0 Å². The molecule has 2 heterocycles. The van der Waals surface area contributed by atoms with Crippen LogP contribution in [0.1, 0.15) is 65.1 Å². The second-order valence-corrected chi connectivity index (χ2v) is 8.72. The van der Waals surface area contributed by atoms with Gasteiger partial charge >= 0.3 is 5.97 Å². The molecule has 2 N–H and O–H groups in total. The van der Waals surface area contributed by atoms with Crippen molar-refractivity contribution in [1.29, 1.82) is 0 Å². The van der Waals surface area contributed by atoms with Gasteiger partial charge in [-0.25, -0.2) is 9.18 Å². The summed E-state index contributed by atoms with van der Waals surface area (Å²) in [4.78, 5) is 11.7. The number of carboxylic acid groups (broad SMARTS) is 1. The maximum Gasteiger partial charge on any atom is 0.335 e. The van der Waals surface area contributed by atoms with Gasteiger partial charge in [0.1, 0.15) is 5.82 Å². The second kappa shape index (κ2) is 7.55. The van der Waals surface area contributed by atoms with Crippen LogP contribution in [0.2, 0.25) is 0 Å². The van der Waals surface area contributed by atoms with Crippen LogP contribution in [-0.2, 0) is 13.1 Å². The Kier molecular flexibility index (Phi) is 4.86. The first-order valence-electron chi connectivity index (χ1n) is 10.9. The van der Waals surface area contributed by atoms with Crippen molar-refractivity contribution in [1.82, 2.24) is 9.88 Å². The van der Waals surface area contributed by atoms with Crippen molar-refractivity contribution in [2.75, 3.05) is 6.54 Å². The van der Waals surface area contributed by atoms with Gasteiger partial charge in [0.25, 0.3) is 0 Å². The predicted octanol–water partition coefficient (Wildman–Crippen LogP) is 5.60. The van der Waals surface area contributed by atoms with E-state index in [2.05, 4.69) is 9.88 Å². The molecular weight excluding hydrogens is 379 g/mol. The highest BCUT2D eigenvalue weighted by molar-refractivity contribution is 5.98. The molecule has 5 rings (SSSR count). The van der Waals surface area contributed by atoms with E-state index in [9.17, 15) is 14.3 Å². The molecule has 0 spiro atoms. The smallest absolute Gasteiger partial charge is 0.335 e. The van der Waals surface area contributed by atoms with Crippen molar-refractivity contribution < 1.29 is 14.3 Å². The third kappa shape index (κ3) is 3.12. The van der Waals surface area contributed by atoms with Gasteiger partial charge in [0.15, 0.2) is 0 Å². The molecule has 30 heavy (non-hydrogen) atoms. The van der Waals surface area contributed by atoms with E-state index >= 15 is 0 Å². The fourth-order valence-electron chi connectivity index (χ4n) is 5.52. The van der Waals surface area contributed by atoms with E-state index in [-0.39, 0.29) is 5.82 Å². The summed E-state index contributed by atoms with van der Waals surface area (Å²) < 4.78 is 16.5. The third-order valence-electron chi connectivity index (χ3n) is 6.81. The maximum atomic E-state index is 14.3. The van der Waals surface area contributed by atoms with Gasteiger partial charge in [-0.2, -0.15) is 0 Å². The number of carboxylic acids is 1. The molecule has 3 aromatic rings. The maximum absolute atomic E-state index is 14.3. The van der Waals surface area contributed by atoms with Crippen LogP contribution in [0.15, 0.2) is 30.3 Å². The van der Waals surface area contributed by atoms with Crippen molar-refractivity contribution >= 4 is 16.9 Å². The molecule has 0 radical (unpaired) electrons. The third-order valence-corrected chi connectivity index (χ3v) is 6.81. The normalized spacial score (nSPS) is 17.3. The van der Waals surface area contributed by atoms with Crippen LogP contribution in [0.3, 0.4) is 0 Å². The van der Waals surface area contributed by atoms with Gasteiger partial charge in [0.05, 0.1) is 11.3 Å². The van der Waals surface area contributed by atoms with Crippen LogP contribution in [0.5, 0.6) is 0 Å². The van der Waals surface area contributed by atoms with E-state index in [4.69, 9.17) is 0 Å². The van der Waals surface area contributed by atoms with Crippen LogP contribution in [-0.4, -0.2) is 22.2 Å². The van der Waals surface area contributed by atoms with Crippen LogP contribution in [0.25, 0.3) is 22.2 Å². The van der Waals surface area contributed by atoms with Gasteiger partial charge in [0, 0.05) is 36.1 Å². The molecule has 4 nitrogen and oxygen atoms in total. The highest BCUT2D eigenvalue weighted by Gasteiger charge is 2.29. The lowest BCUT2D eigenvalue weighted by Gasteiger charge is -2.26. The number of hydrogen-bond donors (Lipinski definition) is 2. The Balaban J connectivity index is 1.88. The van der Waals surface area contributed by atoms with Gasteiger partial charge in [-0.15, -0.1) is 0 Å². The molecule has 0 atom stereocenters. The number of aromatic carboxylic acids is 1. The first-order chi connectivity index (χ1) is 14.5. The topological polar surface area (TPSA) is 54.3 Å². The summed E-state index contributed by atoms with van der Waals surface area (Å²) in [5.41, 5.74) is 6.82. The number of fused-ring (bicyclic) bond motifs is 5. The summed E-state index contributed by atoms with van der Waals surface area (Å²) >= 11 is 0. The zero-order valence-electron chi connectivity index (χ0n) is 17.3. The number of rotatable bonds is 2. The Morgan fingerprint density at radius 1 is 1.17 bits per heavy atom. The average molecular weight is 407 g/mol. The first-order valence-corrected chi connectivity index (χ1v) is 10.9. The van der Waals surface area contributed by atoms with E-state index < -0.39 is 5.97 Å². The molecule has 1 fully saturated rings. The Morgan fingerprint density at radius 2 is 1.97 bits per heavy atom. The molecule has 2 aromatic carbocycles. The van der Waals surface area contributed by atoms with Crippen LogP contribution in [0.4, 0.5) is 4.39 Å². The quantitative estimate of drug-likeness (QED) is 0.582. The minimum absolute atomic E-state index is 0.205. The second-order valence-electron chi connectivity index (χ2n) is 8.72. The number of carbonyl (C=O) groups is 1. The van der Waals surface area contributed by atoms with Crippen LogP contribution < -0.4 is 5.32 Å². The zero-order chi connectivity index (χ0) is 20.8. The molecule has 156 valence electrons. The van der Waals surface area contributed by atoms with Crippen molar-refractivity contribution in [2.24, 2.45) is 0 Å². The fraction of sp³-hybridized carbons (Fsp3) is 0.400. The van der Waals surface area contributed by atoms with Gasteiger partial charge in [-0.3, -0.25) is 0 Å². The van der Waals surface area contributed by atoms with E-state index in [1.807, 2.05) is 19.1 Å². The standard InChI is InChI=1S/C25H27FN2O2/c1-15-11-19(26)12-18-14-27-9-10-28-21-13-17(25(29)30)7-8-20(21)23(24(28)22(15)18)16-5-3-2-4-6-16/h7-8,11-13,16,27H,2-6,9-10,14H2,1H3,(H,29,30). The van der Waals surface area contributed by atoms with Gasteiger partial charge in [0.2, 0.25) is 0 Å². The summed E-state index contributed by atoms with van der Waals surface area (Å²) in [5.74, 6) is -0.657. The Bertz CT molecular complexity index is 1140.